The number of ether oxygens (including phenoxy) is 1. The van der Waals surface area contributed by atoms with Crippen molar-refractivity contribution in [2.45, 2.75) is 45.6 Å². The summed E-state index contributed by atoms with van der Waals surface area (Å²) < 4.78 is 5.20. The number of rotatable bonds is 5. The molecule has 1 N–H and O–H groups in total. The Kier molecular flexibility index (Phi) is 5.26. The van der Waals surface area contributed by atoms with Crippen LogP contribution < -0.4 is 5.32 Å². The van der Waals surface area contributed by atoms with Crippen LogP contribution in [0.3, 0.4) is 0 Å². The van der Waals surface area contributed by atoms with E-state index in [1.54, 1.807) is 7.11 Å². The second kappa shape index (κ2) is 6.95. The third kappa shape index (κ3) is 3.97. The summed E-state index contributed by atoms with van der Waals surface area (Å²) in [4.78, 5) is 0. The topological polar surface area (TPSA) is 21.3 Å². The van der Waals surface area contributed by atoms with Crippen LogP contribution in [0, 0.1) is 11.8 Å². The van der Waals surface area contributed by atoms with Gasteiger partial charge in [-0.05, 0) is 49.1 Å². The van der Waals surface area contributed by atoms with Crippen molar-refractivity contribution in [3.63, 3.8) is 0 Å². The lowest BCUT2D eigenvalue weighted by Gasteiger charge is -2.34. The Balaban J connectivity index is 2.01. The van der Waals surface area contributed by atoms with Crippen molar-refractivity contribution in [2.24, 2.45) is 11.8 Å². The van der Waals surface area contributed by atoms with Gasteiger partial charge >= 0.3 is 0 Å². The molecule has 1 aromatic carbocycles. The van der Waals surface area contributed by atoms with Gasteiger partial charge in [-0.25, -0.2) is 0 Å². The summed E-state index contributed by atoms with van der Waals surface area (Å²) >= 11 is 0. The minimum absolute atomic E-state index is 0.625. The Labute approximate surface area is 117 Å². The highest BCUT2D eigenvalue weighted by molar-refractivity contribution is 5.52. The van der Waals surface area contributed by atoms with Crippen LogP contribution in [-0.4, -0.2) is 19.8 Å². The zero-order valence-electron chi connectivity index (χ0n) is 12.5. The normalized spacial score (nSPS) is 27.2. The van der Waals surface area contributed by atoms with Crippen molar-refractivity contribution in [1.82, 2.24) is 0 Å². The third-order valence-electron chi connectivity index (χ3n) is 4.37. The van der Waals surface area contributed by atoms with Crippen LogP contribution in [0.25, 0.3) is 0 Å². The molecular formula is C17H27NO. The van der Waals surface area contributed by atoms with E-state index < -0.39 is 0 Å². The average Bonchev–Trinajstić information content (AvgIpc) is 2.41. The molecule has 3 unspecified atom stereocenters. The summed E-state index contributed by atoms with van der Waals surface area (Å²) in [5.74, 6) is 1.65. The fraction of sp³-hybridized carbons (Fsp3) is 0.647. The van der Waals surface area contributed by atoms with Crippen molar-refractivity contribution < 1.29 is 4.74 Å². The van der Waals surface area contributed by atoms with Gasteiger partial charge in [-0.15, -0.1) is 0 Å². The largest absolute Gasteiger partial charge is 0.384 e. The maximum absolute atomic E-state index is 5.20. The summed E-state index contributed by atoms with van der Waals surface area (Å²) in [6, 6.07) is 9.27. The first-order chi connectivity index (χ1) is 9.20. The minimum atomic E-state index is 0.625. The molecule has 0 aromatic heterocycles. The number of hydrogen-bond acceptors (Lipinski definition) is 2. The molecule has 0 heterocycles. The molecule has 0 amide bonds. The molecule has 2 heteroatoms. The zero-order valence-corrected chi connectivity index (χ0v) is 12.5. The second-order valence-corrected chi connectivity index (χ2v) is 6.05. The van der Waals surface area contributed by atoms with Crippen LogP contribution >= 0.6 is 0 Å². The number of para-hydroxylation sites is 1. The van der Waals surface area contributed by atoms with E-state index in [9.17, 15) is 0 Å². The molecule has 1 saturated carbocycles. The van der Waals surface area contributed by atoms with Crippen LogP contribution in [-0.2, 0) is 11.2 Å². The predicted octanol–water partition coefficient (Wildman–Crippen LogP) is 4.11. The minimum Gasteiger partial charge on any atom is -0.384 e. The van der Waals surface area contributed by atoms with Gasteiger partial charge < -0.3 is 10.1 Å². The average molecular weight is 261 g/mol. The number of hydrogen-bond donors (Lipinski definition) is 1. The number of methoxy groups -OCH3 is 1. The van der Waals surface area contributed by atoms with Gasteiger partial charge in [-0.3, -0.25) is 0 Å². The van der Waals surface area contributed by atoms with Crippen LogP contribution in [0.15, 0.2) is 24.3 Å². The van der Waals surface area contributed by atoms with Crippen LogP contribution in [0.1, 0.15) is 38.7 Å². The van der Waals surface area contributed by atoms with Crippen molar-refractivity contribution in [3.05, 3.63) is 29.8 Å². The molecule has 0 aliphatic heterocycles. The van der Waals surface area contributed by atoms with Gasteiger partial charge in [0.25, 0.3) is 0 Å². The molecule has 0 bridgehead atoms. The Bertz CT molecular complexity index is 391. The van der Waals surface area contributed by atoms with Gasteiger partial charge in [-0.1, -0.05) is 32.0 Å². The standard InChI is InChI=1S/C17H27NO/c1-13-8-9-16(14(2)12-13)18-17-7-5-4-6-15(17)10-11-19-3/h4-7,13-14,16,18H,8-12H2,1-3H3. The third-order valence-corrected chi connectivity index (χ3v) is 4.37. The predicted molar refractivity (Wildman–Crippen MR) is 81.6 cm³/mol. The Morgan fingerprint density at radius 3 is 2.74 bits per heavy atom. The molecule has 1 aromatic rings. The highest BCUT2D eigenvalue weighted by atomic mass is 16.5. The van der Waals surface area contributed by atoms with Gasteiger partial charge in [-0.2, -0.15) is 0 Å². The lowest BCUT2D eigenvalue weighted by Crippen LogP contribution is -2.33. The molecule has 3 atom stereocenters. The fourth-order valence-corrected chi connectivity index (χ4v) is 3.17. The highest BCUT2D eigenvalue weighted by Crippen LogP contribution is 2.31. The van der Waals surface area contributed by atoms with E-state index >= 15 is 0 Å². The van der Waals surface area contributed by atoms with Crippen LogP contribution in [0.4, 0.5) is 5.69 Å². The van der Waals surface area contributed by atoms with Gasteiger partial charge in [0.05, 0.1) is 6.61 Å². The zero-order chi connectivity index (χ0) is 13.7. The molecule has 1 aliphatic rings. The quantitative estimate of drug-likeness (QED) is 0.861. The summed E-state index contributed by atoms with van der Waals surface area (Å²) in [6.45, 7) is 5.54. The summed E-state index contributed by atoms with van der Waals surface area (Å²) in [5.41, 5.74) is 2.67. The van der Waals surface area contributed by atoms with Gasteiger partial charge in [0.1, 0.15) is 0 Å². The summed E-state index contributed by atoms with van der Waals surface area (Å²) in [7, 11) is 1.76. The van der Waals surface area contributed by atoms with Crippen molar-refractivity contribution in [1.29, 1.82) is 0 Å². The highest BCUT2D eigenvalue weighted by Gasteiger charge is 2.25. The van der Waals surface area contributed by atoms with Crippen molar-refractivity contribution >= 4 is 5.69 Å². The first-order valence-electron chi connectivity index (χ1n) is 7.54. The molecular weight excluding hydrogens is 234 g/mol. The van der Waals surface area contributed by atoms with Gasteiger partial charge in [0, 0.05) is 18.8 Å². The van der Waals surface area contributed by atoms with E-state index in [-0.39, 0.29) is 0 Å². The second-order valence-electron chi connectivity index (χ2n) is 6.05. The molecule has 0 radical (unpaired) electrons. The number of anilines is 1. The molecule has 2 nitrogen and oxygen atoms in total. The van der Waals surface area contributed by atoms with Gasteiger partial charge in [0.15, 0.2) is 0 Å². The monoisotopic (exact) mass is 261 g/mol. The van der Waals surface area contributed by atoms with E-state index in [1.807, 2.05) is 0 Å². The first-order valence-corrected chi connectivity index (χ1v) is 7.54. The van der Waals surface area contributed by atoms with Crippen LogP contribution in [0.2, 0.25) is 0 Å². The number of nitrogens with one attached hydrogen (secondary N) is 1. The lowest BCUT2D eigenvalue weighted by molar-refractivity contribution is 0.202. The van der Waals surface area contributed by atoms with Gasteiger partial charge in [0.2, 0.25) is 0 Å². The maximum atomic E-state index is 5.20. The molecule has 2 rings (SSSR count). The molecule has 1 aliphatic carbocycles. The molecule has 0 saturated heterocycles. The van der Waals surface area contributed by atoms with Crippen molar-refractivity contribution in [2.75, 3.05) is 19.0 Å². The molecule has 106 valence electrons. The molecule has 1 fully saturated rings. The van der Waals surface area contributed by atoms with Crippen LogP contribution in [0.5, 0.6) is 0 Å². The van der Waals surface area contributed by atoms with E-state index in [2.05, 4.69) is 43.4 Å². The smallest absolute Gasteiger partial charge is 0.0503 e. The van der Waals surface area contributed by atoms with E-state index in [1.165, 1.54) is 30.5 Å². The summed E-state index contributed by atoms with van der Waals surface area (Å²) in [5, 5.41) is 3.77. The summed E-state index contributed by atoms with van der Waals surface area (Å²) in [6.07, 6.45) is 4.97. The lowest BCUT2D eigenvalue weighted by atomic mass is 9.79. The number of benzene rings is 1. The SMILES string of the molecule is COCCc1ccccc1NC1CCC(C)CC1C. The van der Waals surface area contributed by atoms with E-state index in [0.717, 1.165) is 24.9 Å². The Hall–Kier alpha value is -1.02. The fourth-order valence-electron chi connectivity index (χ4n) is 3.17. The first kappa shape index (κ1) is 14.4. The van der Waals surface area contributed by atoms with E-state index in [4.69, 9.17) is 4.74 Å². The van der Waals surface area contributed by atoms with E-state index in [0.29, 0.717) is 6.04 Å². The molecule has 19 heavy (non-hydrogen) atoms. The Morgan fingerprint density at radius 1 is 1.21 bits per heavy atom. The Morgan fingerprint density at radius 2 is 2.00 bits per heavy atom. The molecule has 0 spiro atoms. The maximum Gasteiger partial charge on any atom is 0.0503 e. The van der Waals surface area contributed by atoms with Crippen molar-refractivity contribution in [3.8, 4) is 0 Å².